The lowest BCUT2D eigenvalue weighted by Crippen LogP contribution is -2.40. The SMILES string of the molecule is CCOC(=O)C1CCN(C(=O)CCc2cscn2)CC1. The summed E-state index contributed by atoms with van der Waals surface area (Å²) >= 11 is 1.55. The van der Waals surface area contributed by atoms with Crippen LogP contribution in [0.3, 0.4) is 0 Å². The number of hydrogen-bond acceptors (Lipinski definition) is 5. The number of carbonyl (C=O) groups excluding carboxylic acids is 2. The fraction of sp³-hybridized carbons (Fsp3) is 0.643. The molecule has 2 rings (SSSR count). The molecule has 1 aliphatic heterocycles. The summed E-state index contributed by atoms with van der Waals surface area (Å²) in [6.07, 6.45) is 2.61. The van der Waals surface area contributed by atoms with Gasteiger partial charge in [-0.2, -0.15) is 0 Å². The lowest BCUT2D eigenvalue weighted by molar-refractivity contribution is -0.151. The fourth-order valence-corrected chi connectivity index (χ4v) is 2.97. The minimum Gasteiger partial charge on any atom is -0.466 e. The highest BCUT2D eigenvalue weighted by Gasteiger charge is 2.27. The number of esters is 1. The quantitative estimate of drug-likeness (QED) is 0.778. The van der Waals surface area contributed by atoms with Gasteiger partial charge in [-0.1, -0.05) is 0 Å². The summed E-state index contributed by atoms with van der Waals surface area (Å²) < 4.78 is 5.02. The Bertz CT molecular complexity index is 439. The second-order valence-corrected chi connectivity index (χ2v) is 5.61. The van der Waals surface area contributed by atoms with Gasteiger partial charge in [0.2, 0.25) is 5.91 Å². The molecular formula is C14H20N2O3S. The van der Waals surface area contributed by atoms with Gasteiger partial charge in [0.05, 0.1) is 23.7 Å². The van der Waals surface area contributed by atoms with Crippen LogP contribution in [-0.2, 0) is 20.7 Å². The Hall–Kier alpha value is -1.43. The van der Waals surface area contributed by atoms with Crippen molar-refractivity contribution in [2.45, 2.75) is 32.6 Å². The van der Waals surface area contributed by atoms with Gasteiger partial charge < -0.3 is 9.64 Å². The Morgan fingerprint density at radius 2 is 2.20 bits per heavy atom. The molecule has 1 aromatic rings. The number of carbonyl (C=O) groups is 2. The molecule has 0 aliphatic carbocycles. The molecule has 0 N–H and O–H groups in total. The predicted octanol–water partition coefficient (Wildman–Crippen LogP) is 1.88. The van der Waals surface area contributed by atoms with Crippen LogP contribution in [0.1, 0.15) is 31.9 Å². The van der Waals surface area contributed by atoms with Gasteiger partial charge in [0.1, 0.15) is 0 Å². The molecule has 5 nitrogen and oxygen atoms in total. The van der Waals surface area contributed by atoms with E-state index in [1.54, 1.807) is 16.8 Å². The number of piperidine rings is 1. The molecule has 0 atom stereocenters. The van der Waals surface area contributed by atoms with E-state index in [0.717, 1.165) is 5.69 Å². The van der Waals surface area contributed by atoms with Gasteiger partial charge >= 0.3 is 5.97 Å². The molecule has 0 spiro atoms. The molecule has 1 fully saturated rings. The maximum Gasteiger partial charge on any atom is 0.309 e. The summed E-state index contributed by atoms with van der Waals surface area (Å²) in [7, 11) is 0. The van der Waals surface area contributed by atoms with E-state index in [4.69, 9.17) is 4.74 Å². The highest BCUT2D eigenvalue weighted by atomic mass is 32.1. The first kappa shape index (κ1) is 15.0. The van der Waals surface area contributed by atoms with Crippen LogP contribution < -0.4 is 0 Å². The van der Waals surface area contributed by atoms with Crippen LogP contribution in [0.25, 0.3) is 0 Å². The smallest absolute Gasteiger partial charge is 0.309 e. The molecule has 1 aliphatic rings. The lowest BCUT2D eigenvalue weighted by Gasteiger charge is -2.30. The van der Waals surface area contributed by atoms with E-state index in [-0.39, 0.29) is 17.8 Å². The first-order valence-electron chi connectivity index (χ1n) is 7.02. The zero-order chi connectivity index (χ0) is 14.4. The third-order valence-corrected chi connectivity index (χ3v) is 4.18. The van der Waals surface area contributed by atoms with Gasteiger partial charge in [0.25, 0.3) is 0 Å². The number of nitrogens with zero attached hydrogens (tertiary/aromatic N) is 2. The highest BCUT2D eigenvalue weighted by Crippen LogP contribution is 2.19. The van der Waals surface area contributed by atoms with E-state index >= 15 is 0 Å². The molecule has 0 saturated carbocycles. The maximum absolute atomic E-state index is 12.1. The van der Waals surface area contributed by atoms with Crippen molar-refractivity contribution < 1.29 is 14.3 Å². The van der Waals surface area contributed by atoms with Gasteiger partial charge in [-0.05, 0) is 26.2 Å². The largest absolute Gasteiger partial charge is 0.466 e. The second-order valence-electron chi connectivity index (χ2n) is 4.89. The van der Waals surface area contributed by atoms with Gasteiger partial charge in [0, 0.05) is 24.9 Å². The van der Waals surface area contributed by atoms with Crippen molar-refractivity contribution in [3.8, 4) is 0 Å². The van der Waals surface area contributed by atoms with Gasteiger partial charge in [-0.25, -0.2) is 4.98 Å². The number of ether oxygens (including phenoxy) is 1. The van der Waals surface area contributed by atoms with Crippen molar-refractivity contribution in [2.75, 3.05) is 19.7 Å². The second kappa shape index (κ2) is 7.38. The van der Waals surface area contributed by atoms with Crippen molar-refractivity contribution in [2.24, 2.45) is 5.92 Å². The van der Waals surface area contributed by atoms with Crippen LogP contribution in [0.15, 0.2) is 10.9 Å². The van der Waals surface area contributed by atoms with Crippen LogP contribution in [0.2, 0.25) is 0 Å². The molecule has 1 amide bonds. The summed E-state index contributed by atoms with van der Waals surface area (Å²) in [5.41, 5.74) is 2.76. The number of likely N-dealkylation sites (tertiary alicyclic amines) is 1. The zero-order valence-electron chi connectivity index (χ0n) is 11.7. The Balaban J connectivity index is 1.73. The Morgan fingerprint density at radius 3 is 2.80 bits per heavy atom. The Labute approximate surface area is 122 Å². The van der Waals surface area contributed by atoms with E-state index in [9.17, 15) is 9.59 Å². The third kappa shape index (κ3) is 4.03. The van der Waals surface area contributed by atoms with Crippen molar-refractivity contribution >= 4 is 23.2 Å². The van der Waals surface area contributed by atoms with Gasteiger partial charge in [0.15, 0.2) is 0 Å². The standard InChI is InChI=1S/C14H20N2O3S/c1-2-19-14(18)11-5-7-16(8-6-11)13(17)4-3-12-9-20-10-15-12/h9-11H,2-8H2,1H3. The van der Waals surface area contributed by atoms with E-state index in [1.807, 2.05) is 17.2 Å². The average Bonchev–Trinajstić information content (AvgIpc) is 2.98. The minimum atomic E-state index is -0.123. The topological polar surface area (TPSA) is 59.5 Å². The molecule has 0 bridgehead atoms. The van der Waals surface area contributed by atoms with Crippen LogP contribution in [0.5, 0.6) is 0 Å². The Morgan fingerprint density at radius 1 is 1.45 bits per heavy atom. The molecule has 0 radical (unpaired) electrons. The average molecular weight is 296 g/mol. The molecule has 1 aromatic heterocycles. The van der Waals surface area contributed by atoms with E-state index in [0.29, 0.717) is 45.4 Å². The summed E-state index contributed by atoms with van der Waals surface area (Å²) in [6, 6.07) is 0. The molecule has 20 heavy (non-hydrogen) atoms. The number of aromatic nitrogens is 1. The first-order valence-corrected chi connectivity index (χ1v) is 7.96. The molecule has 6 heteroatoms. The lowest BCUT2D eigenvalue weighted by atomic mass is 9.96. The third-order valence-electron chi connectivity index (χ3n) is 3.55. The van der Waals surface area contributed by atoms with Gasteiger partial charge in [-0.15, -0.1) is 11.3 Å². The zero-order valence-corrected chi connectivity index (χ0v) is 12.5. The molecule has 110 valence electrons. The summed E-state index contributed by atoms with van der Waals surface area (Å²) in [5, 5.41) is 1.97. The van der Waals surface area contributed by atoms with Crippen LogP contribution in [-0.4, -0.2) is 41.5 Å². The normalized spacial score (nSPS) is 16.1. The fourth-order valence-electron chi connectivity index (χ4n) is 2.38. The van der Waals surface area contributed by atoms with E-state index in [1.165, 1.54) is 0 Å². The number of rotatable bonds is 5. The van der Waals surface area contributed by atoms with Crippen LogP contribution in [0.4, 0.5) is 0 Å². The molecular weight excluding hydrogens is 276 g/mol. The molecule has 1 saturated heterocycles. The summed E-state index contributed by atoms with van der Waals surface area (Å²) in [5.74, 6) is -0.0140. The van der Waals surface area contributed by atoms with E-state index in [2.05, 4.69) is 4.98 Å². The highest BCUT2D eigenvalue weighted by molar-refractivity contribution is 7.07. The van der Waals surface area contributed by atoms with Crippen molar-refractivity contribution in [1.29, 1.82) is 0 Å². The molecule has 0 unspecified atom stereocenters. The van der Waals surface area contributed by atoms with E-state index < -0.39 is 0 Å². The van der Waals surface area contributed by atoms with Crippen molar-refractivity contribution in [1.82, 2.24) is 9.88 Å². The van der Waals surface area contributed by atoms with Crippen LogP contribution in [0, 0.1) is 5.92 Å². The number of hydrogen-bond donors (Lipinski definition) is 0. The Kier molecular flexibility index (Phi) is 5.52. The predicted molar refractivity (Wildman–Crippen MR) is 76.4 cm³/mol. The van der Waals surface area contributed by atoms with Gasteiger partial charge in [-0.3, -0.25) is 9.59 Å². The number of thiazole rings is 1. The first-order chi connectivity index (χ1) is 9.70. The van der Waals surface area contributed by atoms with Crippen molar-refractivity contribution in [3.63, 3.8) is 0 Å². The summed E-state index contributed by atoms with van der Waals surface area (Å²) in [6.45, 7) is 3.54. The van der Waals surface area contributed by atoms with Crippen LogP contribution >= 0.6 is 11.3 Å². The number of amides is 1. The maximum atomic E-state index is 12.1. The minimum absolute atomic E-state index is 0.0439. The molecule has 0 aromatic carbocycles. The molecule has 2 heterocycles. The monoisotopic (exact) mass is 296 g/mol. The number of aryl methyl sites for hydroxylation is 1. The van der Waals surface area contributed by atoms with Crippen molar-refractivity contribution in [3.05, 3.63) is 16.6 Å². The summed E-state index contributed by atoms with van der Waals surface area (Å²) in [4.78, 5) is 29.7.